The molecule has 0 radical (unpaired) electrons. The van der Waals surface area contributed by atoms with Crippen molar-refractivity contribution >= 4 is 11.9 Å². The zero-order chi connectivity index (χ0) is 18.8. The van der Waals surface area contributed by atoms with Crippen LogP contribution < -0.4 is 16.0 Å². The minimum absolute atomic E-state index is 0.135. The molecule has 0 atom stereocenters. The highest BCUT2D eigenvalue weighted by atomic mass is 19.1. The van der Waals surface area contributed by atoms with E-state index in [1.807, 2.05) is 13.0 Å². The maximum Gasteiger partial charge on any atom is 0.220 e. The minimum Gasteiger partial charge on any atom is -0.357 e. The van der Waals surface area contributed by atoms with E-state index in [1.54, 1.807) is 13.0 Å². The van der Waals surface area contributed by atoms with Crippen LogP contribution in [0.5, 0.6) is 0 Å². The monoisotopic (exact) mass is 362 g/mol. The summed E-state index contributed by atoms with van der Waals surface area (Å²) in [5.41, 5.74) is 1.46. The van der Waals surface area contributed by atoms with Gasteiger partial charge in [-0.25, -0.2) is 9.38 Å². The first-order chi connectivity index (χ1) is 12.6. The number of hydrogen-bond donors (Lipinski definition) is 3. The SMILES string of the molecule is CCNC(=NCc1ccc(C)c(F)c1)NCCNC(=O)CC1CCCC1. The van der Waals surface area contributed by atoms with Gasteiger partial charge in [0.05, 0.1) is 6.54 Å². The molecule has 0 aromatic heterocycles. The van der Waals surface area contributed by atoms with E-state index in [-0.39, 0.29) is 11.7 Å². The lowest BCUT2D eigenvalue weighted by atomic mass is 10.0. The molecule has 6 heteroatoms. The van der Waals surface area contributed by atoms with E-state index >= 15 is 0 Å². The van der Waals surface area contributed by atoms with Gasteiger partial charge in [-0.3, -0.25) is 4.79 Å². The second kappa shape index (κ2) is 10.8. The summed E-state index contributed by atoms with van der Waals surface area (Å²) in [6, 6.07) is 5.17. The van der Waals surface area contributed by atoms with E-state index in [0.29, 0.717) is 43.5 Å². The summed E-state index contributed by atoms with van der Waals surface area (Å²) in [6.07, 6.45) is 5.53. The van der Waals surface area contributed by atoms with Crippen molar-refractivity contribution < 1.29 is 9.18 Å². The molecule has 2 rings (SSSR count). The highest BCUT2D eigenvalue weighted by Gasteiger charge is 2.17. The average Bonchev–Trinajstić information content (AvgIpc) is 3.12. The Morgan fingerprint density at radius 3 is 2.62 bits per heavy atom. The van der Waals surface area contributed by atoms with E-state index in [9.17, 15) is 9.18 Å². The zero-order valence-electron chi connectivity index (χ0n) is 15.9. The molecule has 0 saturated heterocycles. The molecule has 0 unspecified atom stereocenters. The average molecular weight is 362 g/mol. The minimum atomic E-state index is -0.208. The van der Waals surface area contributed by atoms with Gasteiger partial charge in [-0.2, -0.15) is 0 Å². The number of guanidine groups is 1. The van der Waals surface area contributed by atoms with Crippen molar-refractivity contribution in [1.29, 1.82) is 0 Å². The van der Waals surface area contributed by atoms with Crippen LogP contribution in [0.15, 0.2) is 23.2 Å². The maximum absolute atomic E-state index is 13.6. The fourth-order valence-corrected chi connectivity index (χ4v) is 3.18. The summed E-state index contributed by atoms with van der Waals surface area (Å²) in [6.45, 7) is 6.05. The van der Waals surface area contributed by atoms with Crippen molar-refractivity contribution in [1.82, 2.24) is 16.0 Å². The molecule has 26 heavy (non-hydrogen) atoms. The summed E-state index contributed by atoms with van der Waals surface area (Å²) in [5, 5.41) is 9.32. The standard InChI is InChI=1S/C20H31FN4O/c1-3-22-20(25-14-17-9-8-15(2)18(21)12-17)24-11-10-23-19(26)13-16-6-4-5-7-16/h8-9,12,16H,3-7,10-11,13-14H2,1-2H3,(H,23,26)(H2,22,24,25). The smallest absolute Gasteiger partial charge is 0.220 e. The summed E-state index contributed by atoms with van der Waals surface area (Å²) >= 11 is 0. The predicted molar refractivity (Wildman–Crippen MR) is 104 cm³/mol. The van der Waals surface area contributed by atoms with E-state index < -0.39 is 0 Å². The largest absolute Gasteiger partial charge is 0.357 e. The van der Waals surface area contributed by atoms with Gasteiger partial charge in [-0.1, -0.05) is 25.0 Å². The van der Waals surface area contributed by atoms with Gasteiger partial charge < -0.3 is 16.0 Å². The van der Waals surface area contributed by atoms with Crippen molar-refractivity contribution in [3.8, 4) is 0 Å². The van der Waals surface area contributed by atoms with Crippen LogP contribution in [0.4, 0.5) is 4.39 Å². The molecular weight excluding hydrogens is 331 g/mol. The Kier molecular flexibility index (Phi) is 8.38. The first-order valence-corrected chi connectivity index (χ1v) is 9.62. The van der Waals surface area contributed by atoms with E-state index in [4.69, 9.17) is 0 Å². The van der Waals surface area contributed by atoms with Crippen molar-refractivity contribution in [2.45, 2.75) is 52.5 Å². The lowest BCUT2D eigenvalue weighted by Crippen LogP contribution is -2.41. The van der Waals surface area contributed by atoms with Gasteiger partial charge in [0.1, 0.15) is 5.82 Å². The number of rotatable bonds is 8. The Balaban J connectivity index is 1.72. The maximum atomic E-state index is 13.6. The number of carbonyl (C=O) groups excluding carboxylic acids is 1. The van der Waals surface area contributed by atoms with Crippen molar-refractivity contribution in [3.63, 3.8) is 0 Å². The summed E-state index contributed by atoms with van der Waals surface area (Å²) in [7, 11) is 0. The molecule has 144 valence electrons. The van der Waals surface area contributed by atoms with Crippen LogP contribution >= 0.6 is 0 Å². The Hall–Kier alpha value is -2.11. The molecule has 1 aliphatic rings. The summed E-state index contributed by atoms with van der Waals surface area (Å²) in [4.78, 5) is 16.4. The number of halogens is 1. The molecule has 0 heterocycles. The molecular formula is C20H31FN4O. The zero-order valence-corrected chi connectivity index (χ0v) is 15.9. The lowest BCUT2D eigenvalue weighted by Gasteiger charge is -2.13. The second-order valence-corrected chi connectivity index (χ2v) is 6.91. The number of aryl methyl sites for hydroxylation is 1. The van der Waals surface area contributed by atoms with Crippen LogP contribution in [0.25, 0.3) is 0 Å². The summed E-state index contributed by atoms with van der Waals surface area (Å²) in [5.74, 6) is 1.16. The Morgan fingerprint density at radius 2 is 1.92 bits per heavy atom. The van der Waals surface area contributed by atoms with Crippen LogP contribution in [0, 0.1) is 18.7 Å². The highest BCUT2D eigenvalue weighted by Crippen LogP contribution is 2.27. The molecule has 1 aliphatic carbocycles. The van der Waals surface area contributed by atoms with E-state index in [0.717, 1.165) is 12.1 Å². The molecule has 1 aromatic rings. The van der Waals surface area contributed by atoms with Gasteiger partial charge in [-0.15, -0.1) is 0 Å². The van der Waals surface area contributed by atoms with Gasteiger partial charge in [0.25, 0.3) is 0 Å². The quantitative estimate of drug-likeness (QED) is 0.378. The third kappa shape index (κ3) is 7.02. The van der Waals surface area contributed by atoms with E-state index in [1.165, 1.54) is 31.7 Å². The number of nitrogens with one attached hydrogen (secondary N) is 3. The lowest BCUT2D eigenvalue weighted by molar-refractivity contribution is -0.121. The topological polar surface area (TPSA) is 65.5 Å². The predicted octanol–water partition coefficient (Wildman–Crippen LogP) is 2.89. The number of hydrogen-bond acceptors (Lipinski definition) is 2. The molecule has 0 spiro atoms. The van der Waals surface area contributed by atoms with Crippen LogP contribution in [0.1, 0.15) is 50.2 Å². The Labute approximate surface area is 155 Å². The van der Waals surface area contributed by atoms with Gasteiger partial charge in [0.2, 0.25) is 5.91 Å². The number of amides is 1. The number of nitrogens with zero attached hydrogens (tertiary/aromatic N) is 1. The van der Waals surface area contributed by atoms with Crippen LogP contribution in [0.2, 0.25) is 0 Å². The van der Waals surface area contributed by atoms with Crippen molar-refractivity contribution in [2.24, 2.45) is 10.9 Å². The number of carbonyl (C=O) groups is 1. The molecule has 0 bridgehead atoms. The Morgan fingerprint density at radius 1 is 1.19 bits per heavy atom. The molecule has 1 fully saturated rings. The van der Waals surface area contributed by atoms with E-state index in [2.05, 4.69) is 20.9 Å². The molecule has 1 saturated carbocycles. The first-order valence-electron chi connectivity index (χ1n) is 9.62. The fourth-order valence-electron chi connectivity index (χ4n) is 3.18. The third-order valence-corrected chi connectivity index (χ3v) is 4.69. The normalized spacial score (nSPS) is 15.1. The Bertz CT molecular complexity index is 612. The molecule has 1 aromatic carbocycles. The van der Waals surface area contributed by atoms with Crippen molar-refractivity contribution in [3.05, 3.63) is 35.1 Å². The molecule has 0 aliphatic heterocycles. The van der Waals surface area contributed by atoms with Crippen LogP contribution in [-0.4, -0.2) is 31.5 Å². The second-order valence-electron chi connectivity index (χ2n) is 6.91. The first kappa shape index (κ1) is 20.2. The van der Waals surface area contributed by atoms with Crippen LogP contribution in [-0.2, 0) is 11.3 Å². The molecule has 3 N–H and O–H groups in total. The van der Waals surface area contributed by atoms with Gasteiger partial charge in [-0.05, 0) is 49.8 Å². The third-order valence-electron chi connectivity index (χ3n) is 4.69. The number of aliphatic imine (C=N–C) groups is 1. The van der Waals surface area contributed by atoms with Gasteiger partial charge >= 0.3 is 0 Å². The van der Waals surface area contributed by atoms with Crippen molar-refractivity contribution in [2.75, 3.05) is 19.6 Å². The van der Waals surface area contributed by atoms with Gasteiger partial charge in [0, 0.05) is 26.1 Å². The summed E-state index contributed by atoms with van der Waals surface area (Å²) < 4.78 is 13.6. The molecule has 5 nitrogen and oxygen atoms in total. The number of benzene rings is 1. The van der Waals surface area contributed by atoms with Crippen LogP contribution in [0.3, 0.4) is 0 Å². The fraction of sp³-hybridized carbons (Fsp3) is 0.600. The van der Waals surface area contributed by atoms with Gasteiger partial charge in [0.15, 0.2) is 5.96 Å². The molecule has 1 amide bonds. The highest BCUT2D eigenvalue weighted by molar-refractivity contribution is 5.80.